The third-order valence-electron chi connectivity index (χ3n) is 6.42. The first-order valence-electron chi connectivity index (χ1n) is 10.5. The molecule has 6 heteroatoms. The van der Waals surface area contributed by atoms with Crippen LogP contribution in [0.5, 0.6) is 11.5 Å². The number of hydrogen-bond acceptors (Lipinski definition) is 4. The van der Waals surface area contributed by atoms with Gasteiger partial charge in [-0.2, -0.15) is 0 Å². The molecule has 160 valence electrons. The SMILES string of the molecule is COc1cc2c(cc1OC)CN(C(=O)NCC1(c3ccccc3)CCOCC1)CC2. The van der Waals surface area contributed by atoms with Crippen LogP contribution in [0.3, 0.4) is 0 Å². The van der Waals surface area contributed by atoms with Crippen molar-refractivity contribution in [3.63, 3.8) is 0 Å². The fraction of sp³-hybridized carbons (Fsp3) is 0.458. The number of carbonyl (C=O) groups is 1. The normalized spacial score (nSPS) is 17.7. The summed E-state index contributed by atoms with van der Waals surface area (Å²) in [6.45, 7) is 3.33. The van der Waals surface area contributed by atoms with Gasteiger partial charge in [0, 0.05) is 38.3 Å². The van der Waals surface area contributed by atoms with E-state index in [1.807, 2.05) is 23.1 Å². The minimum atomic E-state index is -0.0700. The minimum Gasteiger partial charge on any atom is -0.493 e. The fourth-order valence-electron chi connectivity index (χ4n) is 4.53. The Balaban J connectivity index is 1.45. The van der Waals surface area contributed by atoms with Crippen molar-refractivity contribution in [3.05, 3.63) is 59.2 Å². The summed E-state index contributed by atoms with van der Waals surface area (Å²) in [7, 11) is 3.28. The first-order valence-corrected chi connectivity index (χ1v) is 10.5. The largest absolute Gasteiger partial charge is 0.493 e. The standard InChI is InChI=1S/C24H30N2O4/c1-28-21-14-18-8-11-26(16-19(18)15-22(21)29-2)23(27)25-17-24(9-12-30-13-10-24)20-6-4-3-5-7-20/h3-7,14-15H,8-13,16-17H2,1-2H3,(H,25,27). The van der Waals surface area contributed by atoms with Gasteiger partial charge in [-0.05, 0) is 48.1 Å². The molecular weight excluding hydrogens is 380 g/mol. The Bertz CT molecular complexity index is 878. The smallest absolute Gasteiger partial charge is 0.317 e. The number of ether oxygens (including phenoxy) is 3. The summed E-state index contributed by atoms with van der Waals surface area (Å²) in [6, 6.07) is 14.5. The second-order valence-corrected chi connectivity index (χ2v) is 8.06. The molecule has 2 aromatic carbocycles. The lowest BCUT2D eigenvalue weighted by molar-refractivity contribution is 0.0500. The average Bonchev–Trinajstić information content (AvgIpc) is 2.82. The number of rotatable bonds is 5. The van der Waals surface area contributed by atoms with Crippen molar-refractivity contribution in [3.8, 4) is 11.5 Å². The van der Waals surface area contributed by atoms with Crippen LogP contribution in [0.2, 0.25) is 0 Å². The van der Waals surface area contributed by atoms with E-state index in [0.717, 1.165) is 43.8 Å². The molecule has 4 rings (SSSR count). The molecule has 1 fully saturated rings. The number of methoxy groups -OCH3 is 2. The molecular formula is C24H30N2O4. The van der Waals surface area contributed by atoms with Crippen LogP contribution < -0.4 is 14.8 Å². The van der Waals surface area contributed by atoms with Crippen LogP contribution in [0, 0.1) is 0 Å². The van der Waals surface area contributed by atoms with Gasteiger partial charge in [0.1, 0.15) is 0 Å². The summed E-state index contributed by atoms with van der Waals surface area (Å²) >= 11 is 0. The quantitative estimate of drug-likeness (QED) is 0.819. The van der Waals surface area contributed by atoms with Gasteiger partial charge in [0.25, 0.3) is 0 Å². The average molecular weight is 411 g/mol. The number of amides is 2. The summed E-state index contributed by atoms with van der Waals surface area (Å²) in [5.41, 5.74) is 3.52. The van der Waals surface area contributed by atoms with Gasteiger partial charge in [-0.25, -0.2) is 4.79 Å². The molecule has 0 atom stereocenters. The molecule has 0 saturated carbocycles. The van der Waals surface area contributed by atoms with E-state index in [-0.39, 0.29) is 11.4 Å². The number of hydrogen-bond donors (Lipinski definition) is 1. The van der Waals surface area contributed by atoms with Gasteiger partial charge in [-0.15, -0.1) is 0 Å². The Kier molecular flexibility index (Phi) is 6.13. The second kappa shape index (κ2) is 8.96. The van der Waals surface area contributed by atoms with E-state index in [2.05, 4.69) is 29.6 Å². The molecule has 0 aromatic heterocycles. The second-order valence-electron chi connectivity index (χ2n) is 8.06. The van der Waals surface area contributed by atoms with Crippen LogP contribution >= 0.6 is 0 Å². The topological polar surface area (TPSA) is 60.0 Å². The predicted molar refractivity (Wildman–Crippen MR) is 115 cm³/mol. The first kappa shape index (κ1) is 20.5. The zero-order chi connectivity index (χ0) is 21.0. The third-order valence-corrected chi connectivity index (χ3v) is 6.42. The van der Waals surface area contributed by atoms with E-state index in [0.29, 0.717) is 25.4 Å². The lowest BCUT2D eigenvalue weighted by atomic mass is 9.74. The Morgan fingerprint density at radius 2 is 1.73 bits per heavy atom. The predicted octanol–water partition coefficient (Wildman–Crippen LogP) is 3.52. The molecule has 2 heterocycles. The van der Waals surface area contributed by atoms with Crippen molar-refractivity contribution in [2.45, 2.75) is 31.2 Å². The Hall–Kier alpha value is -2.73. The molecule has 0 unspecified atom stereocenters. The molecule has 0 aliphatic carbocycles. The van der Waals surface area contributed by atoms with E-state index >= 15 is 0 Å². The van der Waals surface area contributed by atoms with Crippen molar-refractivity contribution >= 4 is 6.03 Å². The summed E-state index contributed by atoms with van der Waals surface area (Å²) in [4.78, 5) is 14.9. The number of fused-ring (bicyclic) bond motifs is 1. The number of urea groups is 1. The molecule has 2 aliphatic rings. The van der Waals surface area contributed by atoms with Crippen LogP contribution in [-0.4, -0.2) is 51.5 Å². The monoisotopic (exact) mass is 410 g/mol. The molecule has 0 radical (unpaired) electrons. The highest BCUT2D eigenvalue weighted by Gasteiger charge is 2.35. The molecule has 6 nitrogen and oxygen atoms in total. The molecule has 2 amide bonds. The lowest BCUT2D eigenvalue weighted by Crippen LogP contribution is -2.49. The molecule has 0 spiro atoms. The highest BCUT2D eigenvalue weighted by molar-refractivity contribution is 5.75. The summed E-state index contributed by atoms with van der Waals surface area (Å²) < 4.78 is 16.4. The van der Waals surface area contributed by atoms with Crippen LogP contribution in [0.1, 0.15) is 29.5 Å². The van der Waals surface area contributed by atoms with E-state index in [1.54, 1.807) is 14.2 Å². The Morgan fingerprint density at radius 3 is 2.40 bits per heavy atom. The van der Waals surface area contributed by atoms with Gasteiger partial charge in [-0.1, -0.05) is 30.3 Å². The van der Waals surface area contributed by atoms with Gasteiger partial charge < -0.3 is 24.4 Å². The van der Waals surface area contributed by atoms with Gasteiger partial charge >= 0.3 is 6.03 Å². The van der Waals surface area contributed by atoms with Crippen LogP contribution in [-0.2, 0) is 23.1 Å². The molecule has 2 aromatic rings. The molecule has 0 bridgehead atoms. The lowest BCUT2D eigenvalue weighted by Gasteiger charge is -2.39. The van der Waals surface area contributed by atoms with Crippen LogP contribution in [0.15, 0.2) is 42.5 Å². The van der Waals surface area contributed by atoms with E-state index in [9.17, 15) is 4.79 Å². The fourth-order valence-corrected chi connectivity index (χ4v) is 4.53. The Labute approximate surface area is 178 Å². The molecule has 1 N–H and O–H groups in total. The van der Waals surface area contributed by atoms with Crippen LogP contribution in [0.25, 0.3) is 0 Å². The highest BCUT2D eigenvalue weighted by atomic mass is 16.5. The molecule has 1 saturated heterocycles. The zero-order valence-electron chi connectivity index (χ0n) is 17.8. The summed E-state index contributed by atoms with van der Waals surface area (Å²) in [5.74, 6) is 1.43. The van der Waals surface area contributed by atoms with Gasteiger partial charge in [-0.3, -0.25) is 0 Å². The maximum Gasteiger partial charge on any atom is 0.317 e. The van der Waals surface area contributed by atoms with Crippen molar-refractivity contribution in [2.24, 2.45) is 0 Å². The summed E-state index contributed by atoms with van der Waals surface area (Å²) in [5, 5.41) is 3.22. The van der Waals surface area contributed by atoms with Crippen molar-refractivity contribution < 1.29 is 19.0 Å². The molecule has 2 aliphatic heterocycles. The number of nitrogens with zero attached hydrogens (tertiary/aromatic N) is 1. The Morgan fingerprint density at radius 1 is 1.07 bits per heavy atom. The third kappa shape index (κ3) is 4.10. The highest BCUT2D eigenvalue weighted by Crippen LogP contribution is 2.35. The number of benzene rings is 2. The zero-order valence-corrected chi connectivity index (χ0v) is 17.8. The van der Waals surface area contributed by atoms with Crippen LogP contribution in [0.4, 0.5) is 4.79 Å². The van der Waals surface area contributed by atoms with Crippen molar-refractivity contribution in [2.75, 3.05) is 40.5 Å². The van der Waals surface area contributed by atoms with E-state index in [4.69, 9.17) is 14.2 Å². The van der Waals surface area contributed by atoms with Gasteiger partial charge in [0.05, 0.1) is 14.2 Å². The van der Waals surface area contributed by atoms with Crippen molar-refractivity contribution in [1.29, 1.82) is 0 Å². The number of nitrogens with one attached hydrogen (secondary N) is 1. The van der Waals surface area contributed by atoms with Gasteiger partial charge in [0.2, 0.25) is 0 Å². The minimum absolute atomic E-state index is 0.0165. The maximum absolute atomic E-state index is 13.0. The maximum atomic E-state index is 13.0. The van der Waals surface area contributed by atoms with E-state index in [1.165, 1.54) is 11.1 Å². The summed E-state index contributed by atoms with van der Waals surface area (Å²) in [6.07, 6.45) is 2.63. The van der Waals surface area contributed by atoms with Gasteiger partial charge in [0.15, 0.2) is 11.5 Å². The molecule has 30 heavy (non-hydrogen) atoms. The first-order chi connectivity index (χ1) is 14.6. The van der Waals surface area contributed by atoms with E-state index < -0.39 is 0 Å². The van der Waals surface area contributed by atoms with Crippen molar-refractivity contribution in [1.82, 2.24) is 10.2 Å². The number of carbonyl (C=O) groups excluding carboxylic acids is 1.